The fraction of sp³-hybridized carbons (Fsp3) is 0.857. The van der Waals surface area contributed by atoms with Crippen molar-refractivity contribution >= 4 is 0 Å². The molecule has 1 aliphatic rings. The van der Waals surface area contributed by atoms with Crippen LogP contribution < -0.4 is 0 Å². The molecule has 0 amide bonds. The standard InChI is InChI=1S/C14H24N2O3/c1-14(2,3)11(18-4)12-15-13(19-16-12)9-7-5-6-8-10(9)17/h9-11,17H,5-8H2,1-4H3. The van der Waals surface area contributed by atoms with Crippen molar-refractivity contribution in [1.29, 1.82) is 0 Å². The van der Waals surface area contributed by atoms with Gasteiger partial charge in [0.25, 0.3) is 0 Å². The minimum absolute atomic E-state index is 0.0209. The summed E-state index contributed by atoms with van der Waals surface area (Å²) < 4.78 is 10.8. The molecule has 0 saturated heterocycles. The largest absolute Gasteiger partial charge is 0.392 e. The summed E-state index contributed by atoms with van der Waals surface area (Å²) in [5.41, 5.74) is -0.0962. The van der Waals surface area contributed by atoms with Crippen molar-refractivity contribution in [2.75, 3.05) is 7.11 Å². The Morgan fingerprint density at radius 3 is 2.58 bits per heavy atom. The summed E-state index contributed by atoms with van der Waals surface area (Å²) >= 11 is 0. The third-order valence-corrected chi connectivity index (χ3v) is 3.76. The van der Waals surface area contributed by atoms with E-state index in [0.29, 0.717) is 11.7 Å². The van der Waals surface area contributed by atoms with E-state index in [9.17, 15) is 5.11 Å². The van der Waals surface area contributed by atoms with Gasteiger partial charge in [0.15, 0.2) is 0 Å². The van der Waals surface area contributed by atoms with Gasteiger partial charge in [-0.25, -0.2) is 0 Å². The average Bonchev–Trinajstić information content (AvgIpc) is 2.78. The van der Waals surface area contributed by atoms with Crippen molar-refractivity contribution in [1.82, 2.24) is 10.1 Å². The third-order valence-electron chi connectivity index (χ3n) is 3.76. The van der Waals surface area contributed by atoms with Gasteiger partial charge in [0.2, 0.25) is 11.7 Å². The molecule has 1 aromatic rings. The van der Waals surface area contributed by atoms with Crippen LogP contribution in [0.25, 0.3) is 0 Å². The summed E-state index contributed by atoms with van der Waals surface area (Å²) in [6.45, 7) is 6.23. The molecule has 1 aliphatic carbocycles. The highest BCUT2D eigenvalue weighted by Gasteiger charge is 2.34. The molecule has 1 fully saturated rings. The van der Waals surface area contributed by atoms with E-state index in [-0.39, 0.29) is 23.5 Å². The molecule has 1 N–H and O–H groups in total. The Morgan fingerprint density at radius 2 is 2.00 bits per heavy atom. The highest BCUT2D eigenvalue weighted by molar-refractivity contribution is 5.02. The number of hydrogen-bond donors (Lipinski definition) is 1. The summed E-state index contributed by atoms with van der Waals surface area (Å²) in [5, 5.41) is 14.1. The van der Waals surface area contributed by atoms with E-state index in [4.69, 9.17) is 9.26 Å². The molecule has 0 aromatic carbocycles. The smallest absolute Gasteiger partial charge is 0.232 e. The van der Waals surface area contributed by atoms with E-state index >= 15 is 0 Å². The van der Waals surface area contributed by atoms with Crippen LogP contribution in [0, 0.1) is 5.41 Å². The van der Waals surface area contributed by atoms with Gasteiger partial charge in [0.1, 0.15) is 6.10 Å². The number of rotatable bonds is 3. The van der Waals surface area contributed by atoms with Gasteiger partial charge in [-0.05, 0) is 18.3 Å². The zero-order chi connectivity index (χ0) is 14.0. The van der Waals surface area contributed by atoms with Crippen LogP contribution in [0.1, 0.15) is 70.2 Å². The Kier molecular flexibility index (Phi) is 4.26. The highest BCUT2D eigenvalue weighted by atomic mass is 16.5. The van der Waals surface area contributed by atoms with E-state index in [1.165, 1.54) is 0 Å². The molecular formula is C14H24N2O3. The molecule has 0 bridgehead atoms. The first kappa shape index (κ1) is 14.5. The molecule has 1 heterocycles. The van der Waals surface area contributed by atoms with E-state index in [2.05, 4.69) is 30.9 Å². The Morgan fingerprint density at radius 1 is 1.32 bits per heavy atom. The lowest BCUT2D eigenvalue weighted by Crippen LogP contribution is -2.23. The molecular weight excluding hydrogens is 244 g/mol. The van der Waals surface area contributed by atoms with Gasteiger partial charge in [-0.1, -0.05) is 38.8 Å². The van der Waals surface area contributed by atoms with Crippen LogP contribution in [0.2, 0.25) is 0 Å². The quantitative estimate of drug-likeness (QED) is 0.913. The lowest BCUT2D eigenvalue weighted by molar-refractivity contribution is 0.00718. The number of methoxy groups -OCH3 is 1. The lowest BCUT2D eigenvalue weighted by atomic mass is 9.86. The Bertz CT molecular complexity index is 411. The summed E-state index contributed by atoms with van der Waals surface area (Å²) in [6.07, 6.45) is 3.34. The number of hydrogen-bond acceptors (Lipinski definition) is 5. The number of ether oxygens (including phenoxy) is 1. The van der Waals surface area contributed by atoms with Gasteiger partial charge >= 0.3 is 0 Å². The van der Waals surface area contributed by atoms with Crippen LogP contribution in [0.5, 0.6) is 0 Å². The predicted octanol–water partition coefficient (Wildman–Crippen LogP) is 2.82. The minimum atomic E-state index is -0.363. The van der Waals surface area contributed by atoms with Crippen LogP contribution in [-0.2, 0) is 4.74 Å². The number of nitrogens with zero attached hydrogens (tertiary/aromatic N) is 2. The molecule has 3 unspecified atom stereocenters. The molecule has 0 radical (unpaired) electrons. The van der Waals surface area contributed by atoms with Gasteiger partial charge in [0.05, 0.1) is 12.0 Å². The molecule has 0 aliphatic heterocycles. The molecule has 3 atom stereocenters. The minimum Gasteiger partial charge on any atom is -0.392 e. The second-order valence-corrected chi connectivity index (χ2v) is 6.43. The Balaban J connectivity index is 2.18. The molecule has 2 rings (SSSR count). The van der Waals surface area contributed by atoms with Crippen molar-refractivity contribution < 1.29 is 14.4 Å². The fourth-order valence-corrected chi connectivity index (χ4v) is 2.75. The zero-order valence-corrected chi connectivity index (χ0v) is 12.2. The average molecular weight is 268 g/mol. The molecule has 5 heteroatoms. The summed E-state index contributed by atoms with van der Waals surface area (Å²) in [7, 11) is 1.65. The zero-order valence-electron chi connectivity index (χ0n) is 12.2. The van der Waals surface area contributed by atoms with Crippen molar-refractivity contribution in [2.45, 2.75) is 64.6 Å². The SMILES string of the molecule is COC(c1noc(C2CCCCC2O)n1)C(C)(C)C. The predicted molar refractivity (Wildman–Crippen MR) is 70.7 cm³/mol. The second kappa shape index (κ2) is 5.59. The Hall–Kier alpha value is -0.940. The maximum Gasteiger partial charge on any atom is 0.232 e. The molecule has 5 nitrogen and oxygen atoms in total. The van der Waals surface area contributed by atoms with Crippen molar-refractivity contribution in [2.24, 2.45) is 5.41 Å². The number of aliphatic hydroxyl groups excluding tert-OH is 1. The molecule has 0 spiro atoms. The molecule has 1 saturated carbocycles. The second-order valence-electron chi connectivity index (χ2n) is 6.43. The lowest BCUT2D eigenvalue weighted by Gasteiger charge is -2.26. The summed E-state index contributed by atoms with van der Waals surface area (Å²) in [4.78, 5) is 4.46. The fourth-order valence-electron chi connectivity index (χ4n) is 2.75. The van der Waals surface area contributed by atoms with Gasteiger partial charge in [-0.3, -0.25) is 0 Å². The first-order valence-electron chi connectivity index (χ1n) is 6.98. The van der Waals surface area contributed by atoms with E-state index < -0.39 is 0 Å². The van der Waals surface area contributed by atoms with Gasteiger partial charge < -0.3 is 14.4 Å². The number of aliphatic hydroxyl groups is 1. The molecule has 19 heavy (non-hydrogen) atoms. The maximum absolute atomic E-state index is 10.0. The molecule has 1 aromatic heterocycles. The van der Waals surface area contributed by atoms with Crippen LogP contribution in [0.4, 0.5) is 0 Å². The van der Waals surface area contributed by atoms with E-state index in [1.54, 1.807) is 7.11 Å². The van der Waals surface area contributed by atoms with E-state index in [1.807, 2.05) is 0 Å². The summed E-state index contributed by atoms with van der Waals surface area (Å²) in [6, 6.07) is 0. The summed E-state index contributed by atoms with van der Waals surface area (Å²) in [5.74, 6) is 1.10. The highest BCUT2D eigenvalue weighted by Crippen LogP contribution is 2.36. The van der Waals surface area contributed by atoms with Crippen LogP contribution in [-0.4, -0.2) is 28.5 Å². The topological polar surface area (TPSA) is 68.4 Å². The maximum atomic E-state index is 10.0. The van der Waals surface area contributed by atoms with Crippen LogP contribution >= 0.6 is 0 Å². The first-order chi connectivity index (χ1) is 8.93. The monoisotopic (exact) mass is 268 g/mol. The van der Waals surface area contributed by atoms with Crippen molar-refractivity contribution in [3.8, 4) is 0 Å². The number of aromatic nitrogens is 2. The van der Waals surface area contributed by atoms with Gasteiger partial charge in [0, 0.05) is 7.11 Å². The third kappa shape index (κ3) is 3.15. The normalized spacial score (nSPS) is 26.4. The van der Waals surface area contributed by atoms with Crippen LogP contribution in [0.15, 0.2) is 4.52 Å². The van der Waals surface area contributed by atoms with Gasteiger partial charge in [-0.2, -0.15) is 4.98 Å². The van der Waals surface area contributed by atoms with Crippen LogP contribution in [0.3, 0.4) is 0 Å². The van der Waals surface area contributed by atoms with Crippen molar-refractivity contribution in [3.05, 3.63) is 11.7 Å². The molecule has 108 valence electrons. The van der Waals surface area contributed by atoms with Gasteiger partial charge in [-0.15, -0.1) is 0 Å². The Labute approximate surface area is 114 Å². The first-order valence-corrected chi connectivity index (χ1v) is 6.98. The van der Waals surface area contributed by atoms with E-state index in [0.717, 1.165) is 25.7 Å². The van der Waals surface area contributed by atoms with Crippen molar-refractivity contribution in [3.63, 3.8) is 0 Å².